The van der Waals surface area contributed by atoms with E-state index in [9.17, 15) is 9.59 Å². The molecule has 0 bridgehead atoms. The zero-order valence-corrected chi connectivity index (χ0v) is 7.58. The molecule has 14 heavy (non-hydrogen) atoms. The molecule has 7 heteroatoms. The van der Waals surface area contributed by atoms with Crippen molar-refractivity contribution in [2.45, 2.75) is 12.6 Å². The molecule has 1 atom stereocenters. The lowest BCUT2D eigenvalue weighted by atomic mass is 10.3. The molecule has 3 N–H and O–H groups in total. The monoisotopic (exact) mass is 200 g/mol. The molecule has 2 rings (SSSR count). The maximum atomic E-state index is 11.1. The molecule has 2 heterocycles. The molecule has 1 aromatic heterocycles. The highest BCUT2D eigenvalue weighted by atomic mass is 16.5. The number of nitrogens with zero attached hydrogens (tertiary/aromatic N) is 1. The van der Waals surface area contributed by atoms with E-state index in [-0.39, 0.29) is 12.6 Å². The van der Waals surface area contributed by atoms with Gasteiger partial charge < -0.3 is 10.1 Å². The summed E-state index contributed by atoms with van der Waals surface area (Å²) in [5, 5.41) is 7.56. The molecule has 0 spiro atoms. The van der Waals surface area contributed by atoms with Gasteiger partial charge in [0.15, 0.2) is 0 Å². The van der Waals surface area contributed by atoms with Gasteiger partial charge in [-0.3, -0.25) is 0 Å². The fourth-order valence-corrected chi connectivity index (χ4v) is 1.44. The van der Waals surface area contributed by atoms with Crippen molar-refractivity contribution in [2.75, 3.05) is 19.7 Å². The van der Waals surface area contributed by atoms with E-state index in [0.29, 0.717) is 13.2 Å². The van der Waals surface area contributed by atoms with Gasteiger partial charge in [-0.15, -0.1) is 0 Å². The van der Waals surface area contributed by atoms with Crippen LogP contribution in [0.3, 0.4) is 0 Å². The van der Waals surface area contributed by atoms with E-state index in [1.807, 2.05) is 0 Å². The molecule has 78 valence electrons. The van der Waals surface area contributed by atoms with E-state index in [1.54, 1.807) is 0 Å². The number of nitrogens with one attached hydrogen (secondary N) is 3. The summed E-state index contributed by atoms with van der Waals surface area (Å²) in [7, 11) is 0. The SMILES string of the molecule is O=c1[nH][nH]c(=O)n1CC1CNCCO1. The minimum Gasteiger partial charge on any atom is -0.374 e. The molecule has 0 aromatic carbocycles. The Morgan fingerprint density at radius 2 is 2.07 bits per heavy atom. The number of hydrogen-bond acceptors (Lipinski definition) is 4. The third-order valence-corrected chi connectivity index (χ3v) is 2.16. The lowest BCUT2D eigenvalue weighted by Crippen LogP contribution is -2.43. The molecule has 1 saturated heterocycles. The van der Waals surface area contributed by atoms with Crippen LogP contribution in [0.2, 0.25) is 0 Å². The van der Waals surface area contributed by atoms with Crippen LogP contribution in [0.5, 0.6) is 0 Å². The van der Waals surface area contributed by atoms with Gasteiger partial charge in [0.1, 0.15) is 0 Å². The Bertz CT molecular complexity index is 370. The molecule has 1 fully saturated rings. The first kappa shape index (κ1) is 9.22. The Balaban J connectivity index is 2.09. The number of aromatic nitrogens is 3. The highest BCUT2D eigenvalue weighted by Gasteiger charge is 2.16. The van der Waals surface area contributed by atoms with Gasteiger partial charge in [0.2, 0.25) is 0 Å². The number of aromatic amines is 2. The topological polar surface area (TPSA) is 91.9 Å². The Morgan fingerprint density at radius 3 is 2.64 bits per heavy atom. The summed E-state index contributed by atoms with van der Waals surface area (Å²) in [6.45, 7) is 2.37. The van der Waals surface area contributed by atoms with Crippen LogP contribution in [0, 0.1) is 0 Å². The summed E-state index contributed by atoms with van der Waals surface area (Å²) in [6.07, 6.45) is -0.113. The summed E-state index contributed by atoms with van der Waals surface area (Å²) < 4.78 is 6.47. The average Bonchev–Trinajstić information content (AvgIpc) is 2.51. The molecule has 1 aliphatic heterocycles. The molecular formula is C7H12N4O3. The Labute approximate surface area is 79.1 Å². The predicted octanol–water partition coefficient (Wildman–Crippen LogP) is -2.15. The molecule has 0 saturated carbocycles. The van der Waals surface area contributed by atoms with Crippen molar-refractivity contribution in [3.8, 4) is 0 Å². The number of H-pyrrole nitrogens is 2. The van der Waals surface area contributed by atoms with Gasteiger partial charge in [-0.2, -0.15) is 0 Å². The first-order valence-corrected chi connectivity index (χ1v) is 4.47. The molecule has 0 aliphatic carbocycles. The van der Waals surface area contributed by atoms with Crippen molar-refractivity contribution in [3.63, 3.8) is 0 Å². The predicted molar refractivity (Wildman–Crippen MR) is 48.3 cm³/mol. The van der Waals surface area contributed by atoms with E-state index >= 15 is 0 Å². The normalized spacial score (nSPS) is 22.4. The molecular weight excluding hydrogens is 188 g/mol. The first-order valence-electron chi connectivity index (χ1n) is 4.47. The summed E-state index contributed by atoms with van der Waals surface area (Å²) in [4.78, 5) is 22.2. The molecule has 0 radical (unpaired) electrons. The van der Waals surface area contributed by atoms with Gasteiger partial charge in [-0.25, -0.2) is 24.4 Å². The largest absolute Gasteiger partial charge is 0.374 e. The van der Waals surface area contributed by atoms with Gasteiger partial charge in [-0.1, -0.05) is 0 Å². The van der Waals surface area contributed by atoms with Crippen LogP contribution in [-0.2, 0) is 11.3 Å². The van der Waals surface area contributed by atoms with Crippen molar-refractivity contribution >= 4 is 0 Å². The van der Waals surface area contributed by atoms with Crippen LogP contribution in [-0.4, -0.2) is 40.6 Å². The van der Waals surface area contributed by atoms with Gasteiger partial charge in [0.05, 0.1) is 19.3 Å². The van der Waals surface area contributed by atoms with Crippen LogP contribution in [0.15, 0.2) is 9.59 Å². The van der Waals surface area contributed by atoms with Crippen LogP contribution < -0.4 is 16.7 Å². The van der Waals surface area contributed by atoms with E-state index in [0.717, 1.165) is 11.1 Å². The van der Waals surface area contributed by atoms with Crippen molar-refractivity contribution in [1.29, 1.82) is 0 Å². The number of morpholine rings is 1. The first-order chi connectivity index (χ1) is 6.77. The second-order valence-corrected chi connectivity index (χ2v) is 3.17. The highest BCUT2D eigenvalue weighted by Crippen LogP contribution is 1.96. The third-order valence-electron chi connectivity index (χ3n) is 2.16. The van der Waals surface area contributed by atoms with Gasteiger partial charge in [-0.05, 0) is 0 Å². The van der Waals surface area contributed by atoms with Crippen molar-refractivity contribution < 1.29 is 4.74 Å². The minimum atomic E-state index is -0.427. The average molecular weight is 200 g/mol. The van der Waals surface area contributed by atoms with E-state index < -0.39 is 11.4 Å². The number of ether oxygens (including phenoxy) is 1. The standard InChI is InChI=1S/C7H12N4O3/c12-6-9-10-7(13)11(6)4-5-3-8-1-2-14-5/h5,8H,1-4H2,(H,9,12)(H,10,13). The smallest absolute Gasteiger partial charge is 0.344 e. The molecule has 7 nitrogen and oxygen atoms in total. The molecule has 1 aliphatic rings. The molecule has 0 amide bonds. The summed E-state index contributed by atoms with van der Waals surface area (Å²) in [5.41, 5.74) is -0.853. The van der Waals surface area contributed by atoms with Crippen molar-refractivity contribution in [2.24, 2.45) is 0 Å². The fourth-order valence-electron chi connectivity index (χ4n) is 1.44. The van der Waals surface area contributed by atoms with Gasteiger partial charge in [0, 0.05) is 13.1 Å². The maximum Gasteiger partial charge on any atom is 0.344 e. The van der Waals surface area contributed by atoms with Crippen molar-refractivity contribution in [1.82, 2.24) is 20.1 Å². The quantitative estimate of drug-likeness (QED) is 0.507. The van der Waals surface area contributed by atoms with Gasteiger partial charge in [0.25, 0.3) is 0 Å². The fraction of sp³-hybridized carbons (Fsp3) is 0.714. The minimum absolute atomic E-state index is 0.113. The van der Waals surface area contributed by atoms with Gasteiger partial charge >= 0.3 is 11.4 Å². The Hall–Kier alpha value is -1.34. The summed E-state index contributed by atoms with van der Waals surface area (Å²) in [5.74, 6) is 0. The summed E-state index contributed by atoms with van der Waals surface area (Å²) in [6, 6.07) is 0. The second-order valence-electron chi connectivity index (χ2n) is 3.17. The molecule has 1 unspecified atom stereocenters. The second kappa shape index (κ2) is 3.81. The maximum absolute atomic E-state index is 11.1. The number of rotatable bonds is 2. The van der Waals surface area contributed by atoms with Crippen LogP contribution in [0.25, 0.3) is 0 Å². The van der Waals surface area contributed by atoms with E-state index in [2.05, 4.69) is 15.5 Å². The Kier molecular flexibility index (Phi) is 2.51. The number of hydrogen-bond donors (Lipinski definition) is 3. The van der Waals surface area contributed by atoms with Crippen LogP contribution in [0.1, 0.15) is 0 Å². The Morgan fingerprint density at radius 1 is 1.36 bits per heavy atom. The molecule has 1 aromatic rings. The lowest BCUT2D eigenvalue weighted by Gasteiger charge is -2.22. The van der Waals surface area contributed by atoms with E-state index in [4.69, 9.17) is 4.74 Å². The van der Waals surface area contributed by atoms with Crippen molar-refractivity contribution in [3.05, 3.63) is 21.0 Å². The van der Waals surface area contributed by atoms with E-state index in [1.165, 1.54) is 0 Å². The van der Waals surface area contributed by atoms with Crippen LogP contribution in [0.4, 0.5) is 0 Å². The zero-order valence-electron chi connectivity index (χ0n) is 7.58. The van der Waals surface area contributed by atoms with Crippen LogP contribution >= 0.6 is 0 Å². The third kappa shape index (κ3) is 1.78. The highest BCUT2D eigenvalue weighted by molar-refractivity contribution is 4.72. The zero-order chi connectivity index (χ0) is 9.97. The lowest BCUT2D eigenvalue weighted by molar-refractivity contribution is 0.0171. The summed E-state index contributed by atoms with van der Waals surface area (Å²) >= 11 is 0.